The summed E-state index contributed by atoms with van der Waals surface area (Å²) in [6.07, 6.45) is -1.04. The summed E-state index contributed by atoms with van der Waals surface area (Å²) in [4.78, 5) is 8.46. The lowest BCUT2D eigenvalue weighted by atomic mass is 10.2. The van der Waals surface area contributed by atoms with Gasteiger partial charge < -0.3 is 20.4 Å². The molecular weight excluding hydrogens is 359 g/mol. The standard InChI is InChI=1S/C18H20F3N5O/c1-2-3-9-23-16-15-13(24-17(22)25-16)8-10-26(15)11-12-6-4-5-7-14(12)27-18(19,20)21/h4-8,10H,2-3,9,11H2,1H3,(H3,22,23,24,25). The van der Waals surface area contributed by atoms with Gasteiger partial charge in [-0.15, -0.1) is 13.2 Å². The van der Waals surface area contributed by atoms with Gasteiger partial charge >= 0.3 is 6.36 Å². The molecule has 1 aromatic carbocycles. The van der Waals surface area contributed by atoms with Crippen LogP contribution in [0.25, 0.3) is 11.0 Å². The number of aromatic nitrogens is 3. The maximum Gasteiger partial charge on any atom is 0.573 e. The van der Waals surface area contributed by atoms with Gasteiger partial charge in [-0.2, -0.15) is 4.98 Å². The molecule has 0 radical (unpaired) electrons. The molecule has 0 atom stereocenters. The number of unbranched alkanes of at least 4 members (excludes halogenated alkanes) is 1. The topological polar surface area (TPSA) is 78.0 Å². The summed E-state index contributed by atoms with van der Waals surface area (Å²) in [7, 11) is 0. The van der Waals surface area contributed by atoms with Crippen molar-refractivity contribution >= 4 is 22.8 Å². The second kappa shape index (κ2) is 7.73. The van der Waals surface area contributed by atoms with Crippen molar-refractivity contribution in [1.82, 2.24) is 14.5 Å². The van der Waals surface area contributed by atoms with Crippen LogP contribution in [0.4, 0.5) is 24.9 Å². The number of rotatable bonds is 7. The summed E-state index contributed by atoms with van der Waals surface area (Å²) in [5, 5.41) is 3.23. The van der Waals surface area contributed by atoms with E-state index in [1.54, 1.807) is 29.0 Å². The average molecular weight is 379 g/mol. The summed E-state index contributed by atoms with van der Waals surface area (Å²) in [6, 6.07) is 7.81. The number of nitrogens with zero attached hydrogens (tertiary/aromatic N) is 3. The molecule has 27 heavy (non-hydrogen) atoms. The molecule has 0 aliphatic heterocycles. The summed E-state index contributed by atoms with van der Waals surface area (Å²) in [5.74, 6) is 0.467. The van der Waals surface area contributed by atoms with Gasteiger partial charge in [0.05, 0.1) is 12.1 Å². The van der Waals surface area contributed by atoms with Gasteiger partial charge in [-0.3, -0.25) is 0 Å². The normalized spacial score (nSPS) is 11.7. The predicted molar refractivity (Wildman–Crippen MR) is 97.6 cm³/mol. The minimum atomic E-state index is -4.75. The van der Waals surface area contributed by atoms with Gasteiger partial charge in [-0.05, 0) is 18.6 Å². The highest BCUT2D eigenvalue weighted by Crippen LogP contribution is 2.29. The van der Waals surface area contributed by atoms with Crippen molar-refractivity contribution in [3.63, 3.8) is 0 Å². The number of ether oxygens (including phenoxy) is 1. The number of nitrogens with two attached hydrogens (primary N) is 1. The Labute approximate surface area is 154 Å². The number of hydrogen-bond donors (Lipinski definition) is 2. The number of hydrogen-bond acceptors (Lipinski definition) is 5. The highest BCUT2D eigenvalue weighted by atomic mass is 19.4. The summed E-state index contributed by atoms with van der Waals surface area (Å²) < 4.78 is 43.9. The number of fused-ring (bicyclic) bond motifs is 1. The molecule has 6 nitrogen and oxygen atoms in total. The fourth-order valence-corrected chi connectivity index (χ4v) is 2.81. The second-order valence-electron chi connectivity index (χ2n) is 6.04. The Morgan fingerprint density at radius 2 is 1.96 bits per heavy atom. The zero-order chi connectivity index (χ0) is 19.4. The molecule has 0 aliphatic carbocycles. The van der Waals surface area contributed by atoms with Crippen LogP contribution in [0.3, 0.4) is 0 Å². The zero-order valence-corrected chi connectivity index (χ0v) is 14.8. The Balaban J connectivity index is 1.96. The Bertz CT molecular complexity index is 923. The van der Waals surface area contributed by atoms with E-state index in [9.17, 15) is 13.2 Å². The van der Waals surface area contributed by atoms with Crippen molar-refractivity contribution < 1.29 is 17.9 Å². The van der Waals surface area contributed by atoms with Crippen LogP contribution >= 0.6 is 0 Å². The third-order valence-corrected chi connectivity index (χ3v) is 3.99. The maximum atomic E-state index is 12.7. The van der Waals surface area contributed by atoms with Gasteiger partial charge in [0.25, 0.3) is 0 Å². The highest BCUT2D eigenvalue weighted by molar-refractivity contribution is 5.87. The molecule has 0 saturated carbocycles. The van der Waals surface area contributed by atoms with Crippen LogP contribution in [0.15, 0.2) is 36.5 Å². The molecule has 9 heteroatoms. The SMILES string of the molecule is CCCCNc1nc(N)nc2ccn(Cc3ccccc3OC(F)(F)F)c12. The molecule has 3 N–H and O–H groups in total. The van der Waals surface area contributed by atoms with Crippen molar-refractivity contribution in [2.45, 2.75) is 32.7 Å². The Morgan fingerprint density at radius 1 is 1.19 bits per heavy atom. The van der Waals surface area contributed by atoms with Crippen molar-refractivity contribution in [2.75, 3.05) is 17.6 Å². The predicted octanol–water partition coefficient (Wildman–Crippen LogP) is 4.17. The molecular formula is C18H20F3N5O. The van der Waals surface area contributed by atoms with Crippen molar-refractivity contribution in [3.8, 4) is 5.75 Å². The molecule has 3 rings (SSSR count). The van der Waals surface area contributed by atoms with Crippen LogP contribution in [-0.2, 0) is 6.54 Å². The third-order valence-electron chi connectivity index (χ3n) is 3.99. The number of benzene rings is 1. The van der Waals surface area contributed by atoms with Gasteiger partial charge in [-0.25, -0.2) is 4.98 Å². The number of anilines is 2. The molecule has 144 valence electrons. The number of alkyl halides is 3. The first-order valence-electron chi connectivity index (χ1n) is 8.57. The molecule has 0 aliphatic rings. The minimum Gasteiger partial charge on any atom is -0.405 e. The lowest BCUT2D eigenvalue weighted by Gasteiger charge is -2.15. The summed E-state index contributed by atoms with van der Waals surface area (Å²) in [5.41, 5.74) is 7.46. The van der Waals surface area contributed by atoms with Gasteiger partial charge in [0.1, 0.15) is 11.3 Å². The fourth-order valence-electron chi connectivity index (χ4n) is 2.81. The molecule has 0 saturated heterocycles. The first-order chi connectivity index (χ1) is 12.9. The van der Waals surface area contributed by atoms with E-state index in [2.05, 4.69) is 26.9 Å². The van der Waals surface area contributed by atoms with E-state index in [0.29, 0.717) is 29.0 Å². The Kier molecular flexibility index (Phi) is 5.38. The molecule has 0 fully saturated rings. The molecule has 0 amide bonds. The van der Waals surface area contributed by atoms with Crippen molar-refractivity contribution in [1.29, 1.82) is 0 Å². The van der Waals surface area contributed by atoms with E-state index in [0.717, 1.165) is 12.8 Å². The maximum absolute atomic E-state index is 12.7. The lowest BCUT2D eigenvalue weighted by molar-refractivity contribution is -0.274. The van der Waals surface area contributed by atoms with E-state index in [4.69, 9.17) is 5.73 Å². The Morgan fingerprint density at radius 3 is 2.70 bits per heavy atom. The molecule has 2 heterocycles. The van der Waals surface area contributed by atoms with Gasteiger partial charge in [0.15, 0.2) is 5.82 Å². The third kappa shape index (κ3) is 4.60. The number of nitrogen functional groups attached to an aromatic ring is 1. The molecule has 3 aromatic rings. The van der Waals surface area contributed by atoms with Crippen molar-refractivity contribution in [3.05, 3.63) is 42.1 Å². The molecule has 0 bridgehead atoms. The quantitative estimate of drug-likeness (QED) is 0.603. The molecule has 2 aromatic heterocycles. The van der Waals surface area contributed by atoms with Gasteiger partial charge in [0.2, 0.25) is 5.95 Å². The lowest BCUT2D eigenvalue weighted by Crippen LogP contribution is -2.18. The van der Waals surface area contributed by atoms with Crippen molar-refractivity contribution in [2.24, 2.45) is 0 Å². The van der Waals surface area contributed by atoms with Crippen LogP contribution in [-0.4, -0.2) is 27.4 Å². The highest BCUT2D eigenvalue weighted by Gasteiger charge is 2.32. The average Bonchev–Trinajstić information content (AvgIpc) is 2.98. The van der Waals surface area contributed by atoms with Crippen LogP contribution in [0, 0.1) is 0 Å². The van der Waals surface area contributed by atoms with Crippen LogP contribution in [0.2, 0.25) is 0 Å². The summed E-state index contributed by atoms with van der Waals surface area (Å²) >= 11 is 0. The minimum absolute atomic E-state index is 0.139. The van der Waals surface area contributed by atoms with E-state index in [1.807, 2.05) is 0 Å². The van der Waals surface area contributed by atoms with E-state index in [-0.39, 0.29) is 18.2 Å². The van der Waals surface area contributed by atoms with E-state index >= 15 is 0 Å². The van der Waals surface area contributed by atoms with Crippen LogP contribution < -0.4 is 15.8 Å². The zero-order valence-electron chi connectivity index (χ0n) is 14.8. The van der Waals surface area contributed by atoms with E-state index < -0.39 is 6.36 Å². The largest absolute Gasteiger partial charge is 0.573 e. The summed E-state index contributed by atoms with van der Waals surface area (Å²) in [6.45, 7) is 2.96. The van der Waals surface area contributed by atoms with Crippen LogP contribution in [0.1, 0.15) is 25.3 Å². The first-order valence-corrected chi connectivity index (χ1v) is 8.57. The fraction of sp³-hybridized carbons (Fsp3) is 0.333. The molecule has 0 unspecified atom stereocenters. The number of para-hydroxylation sites is 1. The van der Waals surface area contributed by atoms with Crippen LogP contribution in [0.5, 0.6) is 5.75 Å². The number of halogens is 3. The van der Waals surface area contributed by atoms with E-state index in [1.165, 1.54) is 12.1 Å². The smallest absolute Gasteiger partial charge is 0.405 e. The second-order valence-corrected chi connectivity index (χ2v) is 6.04. The monoisotopic (exact) mass is 379 g/mol. The Hall–Kier alpha value is -2.97. The number of nitrogens with one attached hydrogen (secondary N) is 1. The van der Waals surface area contributed by atoms with Gasteiger partial charge in [0, 0.05) is 18.3 Å². The van der Waals surface area contributed by atoms with Gasteiger partial charge in [-0.1, -0.05) is 31.5 Å². The first kappa shape index (κ1) is 18.8. The molecule has 0 spiro atoms.